The molecule has 1 aromatic carbocycles. The van der Waals surface area contributed by atoms with Crippen LogP contribution in [-0.2, 0) is 19.4 Å². The maximum absolute atomic E-state index is 11.4. The molecular weight excluding hydrogens is 318 g/mol. The van der Waals surface area contributed by atoms with Gasteiger partial charge in [-0.25, -0.2) is 8.42 Å². The lowest BCUT2D eigenvalue weighted by Crippen LogP contribution is -2.14. The van der Waals surface area contributed by atoms with Crippen LogP contribution in [0.5, 0.6) is 0 Å². The number of nitro benzene ring substituents is 1. The summed E-state index contributed by atoms with van der Waals surface area (Å²) in [7, 11) is -2.24. The van der Waals surface area contributed by atoms with E-state index in [1.165, 1.54) is 19.2 Å². The van der Waals surface area contributed by atoms with E-state index in [9.17, 15) is 23.3 Å². The monoisotopic (exact) mass is 333 g/mol. The highest BCUT2D eigenvalue weighted by atomic mass is 32.2. The number of nitrogens with zero attached hydrogens (tertiary/aromatic N) is 1. The number of carbonyl (C=O) groups excluding carboxylic acids is 1. The fourth-order valence-electron chi connectivity index (χ4n) is 1.48. The van der Waals surface area contributed by atoms with Crippen LogP contribution >= 0.6 is 11.8 Å². The summed E-state index contributed by atoms with van der Waals surface area (Å²) in [5.41, 5.74) is -0.292. The van der Waals surface area contributed by atoms with E-state index >= 15 is 0 Å². The quantitative estimate of drug-likeness (QED) is 0.339. The number of esters is 1. The van der Waals surface area contributed by atoms with Crippen LogP contribution in [0.1, 0.15) is 6.92 Å². The maximum Gasteiger partial charge on any atom is 0.309 e. The summed E-state index contributed by atoms with van der Waals surface area (Å²) in [4.78, 5) is 21.9. The maximum atomic E-state index is 11.4. The molecule has 0 aliphatic carbocycles. The van der Waals surface area contributed by atoms with Crippen molar-refractivity contribution in [3.05, 3.63) is 28.3 Å². The molecule has 1 rings (SSSR count). The number of hydrogen-bond acceptors (Lipinski definition) is 7. The largest absolute Gasteiger partial charge is 0.469 e. The van der Waals surface area contributed by atoms with Gasteiger partial charge in [0.15, 0.2) is 9.84 Å². The molecule has 1 aromatic rings. The number of nitro groups is 1. The Hall–Kier alpha value is -1.61. The predicted molar refractivity (Wildman–Crippen MR) is 78.1 cm³/mol. The fourth-order valence-corrected chi connectivity index (χ4v) is 3.13. The van der Waals surface area contributed by atoms with Crippen molar-refractivity contribution in [2.45, 2.75) is 16.7 Å². The van der Waals surface area contributed by atoms with Crippen molar-refractivity contribution >= 4 is 33.3 Å². The van der Waals surface area contributed by atoms with Crippen LogP contribution in [0.2, 0.25) is 0 Å². The molecule has 21 heavy (non-hydrogen) atoms. The molecule has 0 amide bonds. The predicted octanol–water partition coefficient (Wildman–Crippen LogP) is 1.90. The van der Waals surface area contributed by atoms with E-state index in [-0.39, 0.29) is 10.6 Å². The van der Waals surface area contributed by atoms with Crippen LogP contribution in [0, 0.1) is 16.0 Å². The highest BCUT2D eigenvalue weighted by molar-refractivity contribution is 7.99. The van der Waals surface area contributed by atoms with Gasteiger partial charge in [-0.2, -0.15) is 0 Å². The van der Waals surface area contributed by atoms with Crippen LogP contribution in [0.4, 0.5) is 5.69 Å². The van der Waals surface area contributed by atoms with Gasteiger partial charge in [0.1, 0.15) is 0 Å². The molecular formula is C12H15NO6S2. The number of ether oxygens (including phenoxy) is 1. The summed E-state index contributed by atoms with van der Waals surface area (Å²) in [5.74, 6) is -0.529. The van der Waals surface area contributed by atoms with E-state index in [0.29, 0.717) is 10.6 Å². The van der Waals surface area contributed by atoms with E-state index < -0.39 is 26.6 Å². The van der Waals surface area contributed by atoms with Crippen molar-refractivity contribution < 1.29 is 22.9 Å². The summed E-state index contributed by atoms with van der Waals surface area (Å²) in [6.45, 7) is 1.65. The molecule has 7 nitrogen and oxygen atoms in total. The SMILES string of the molecule is COC(=O)C(C)CSc1ccc(S(C)(=O)=O)cc1[N+](=O)[O-]. The van der Waals surface area contributed by atoms with Gasteiger partial charge in [-0.1, -0.05) is 6.92 Å². The Morgan fingerprint density at radius 1 is 1.48 bits per heavy atom. The minimum atomic E-state index is -3.51. The number of benzene rings is 1. The van der Waals surface area contributed by atoms with E-state index in [0.717, 1.165) is 24.1 Å². The highest BCUT2D eigenvalue weighted by Gasteiger charge is 2.21. The molecule has 0 N–H and O–H groups in total. The normalized spacial score (nSPS) is 12.7. The average Bonchev–Trinajstić information content (AvgIpc) is 2.42. The first-order valence-corrected chi connectivity index (χ1v) is 8.73. The van der Waals surface area contributed by atoms with Gasteiger partial charge in [-0.05, 0) is 12.1 Å². The van der Waals surface area contributed by atoms with Crippen molar-refractivity contribution in [1.29, 1.82) is 0 Å². The lowest BCUT2D eigenvalue weighted by molar-refractivity contribution is -0.388. The fraction of sp³-hybridized carbons (Fsp3) is 0.417. The number of hydrogen-bond donors (Lipinski definition) is 0. The van der Waals surface area contributed by atoms with Gasteiger partial charge in [0.2, 0.25) is 0 Å². The second-order valence-electron chi connectivity index (χ2n) is 4.39. The summed E-state index contributed by atoms with van der Waals surface area (Å²) < 4.78 is 27.4. The Morgan fingerprint density at radius 3 is 2.57 bits per heavy atom. The van der Waals surface area contributed by atoms with Crippen LogP contribution in [-0.4, -0.2) is 38.4 Å². The third-order valence-electron chi connectivity index (χ3n) is 2.65. The van der Waals surface area contributed by atoms with Gasteiger partial charge < -0.3 is 4.74 Å². The van der Waals surface area contributed by atoms with E-state index in [1.807, 2.05) is 0 Å². The van der Waals surface area contributed by atoms with Crippen molar-refractivity contribution in [2.24, 2.45) is 5.92 Å². The van der Waals surface area contributed by atoms with Crippen LogP contribution in [0.15, 0.2) is 28.0 Å². The van der Waals surface area contributed by atoms with Gasteiger partial charge in [-0.15, -0.1) is 11.8 Å². The topological polar surface area (TPSA) is 104 Å². The lowest BCUT2D eigenvalue weighted by Gasteiger charge is -2.09. The molecule has 0 heterocycles. The zero-order valence-corrected chi connectivity index (χ0v) is 13.4. The molecule has 1 atom stereocenters. The smallest absolute Gasteiger partial charge is 0.309 e. The number of carbonyl (C=O) groups is 1. The molecule has 0 spiro atoms. The molecule has 0 radical (unpaired) electrons. The molecule has 0 saturated heterocycles. The van der Waals surface area contributed by atoms with Crippen LogP contribution < -0.4 is 0 Å². The first-order chi connectivity index (χ1) is 9.66. The summed E-state index contributed by atoms with van der Waals surface area (Å²) in [5, 5.41) is 11.0. The molecule has 0 aliphatic heterocycles. The molecule has 9 heteroatoms. The van der Waals surface area contributed by atoms with Crippen LogP contribution in [0.3, 0.4) is 0 Å². The van der Waals surface area contributed by atoms with Gasteiger partial charge in [0.25, 0.3) is 5.69 Å². The Balaban J connectivity index is 3.03. The zero-order valence-electron chi connectivity index (χ0n) is 11.7. The van der Waals surface area contributed by atoms with Gasteiger partial charge in [0.05, 0.1) is 27.7 Å². The molecule has 0 aliphatic rings. The minimum absolute atomic E-state index is 0.112. The molecule has 0 saturated carbocycles. The van der Waals surface area contributed by atoms with Gasteiger partial charge in [-0.3, -0.25) is 14.9 Å². The Labute approximate surface area is 126 Å². The van der Waals surface area contributed by atoms with E-state index in [1.54, 1.807) is 6.92 Å². The molecule has 0 aromatic heterocycles. The van der Waals surface area contributed by atoms with Crippen LogP contribution in [0.25, 0.3) is 0 Å². The third kappa shape index (κ3) is 4.71. The molecule has 0 bridgehead atoms. The average molecular weight is 333 g/mol. The first kappa shape index (κ1) is 17.4. The van der Waals surface area contributed by atoms with E-state index in [2.05, 4.69) is 4.74 Å². The number of sulfone groups is 1. The second kappa shape index (κ2) is 6.90. The van der Waals surface area contributed by atoms with Crippen molar-refractivity contribution in [3.8, 4) is 0 Å². The molecule has 116 valence electrons. The number of rotatable bonds is 6. The summed E-state index contributed by atoms with van der Waals surface area (Å²) >= 11 is 1.11. The lowest BCUT2D eigenvalue weighted by atomic mass is 10.2. The Bertz CT molecular complexity index is 656. The Kier molecular flexibility index (Phi) is 5.73. The standard InChI is InChI=1S/C12H15NO6S2/c1-8(12(14)19-2)7-20-11-5-4-9(21(3,17)18)6-10(11)13(15)16/h4-6,8H,7H2,1-3H3. The first-order valence-electron chi connectivity index (χ1n) is 5.86. The second-order valence-corrected chi connectivity index (χ2v) is 7.47. The van der Waals surface area contributed by atoms with Crippen molar-refractivity contribution in [3.63, 3.8) is 0 Å². The Morgan fingerprint density at radius 2 is 2.10 bits per heavy atom. The van der Waals surface area contributed by atoms with Gasteiger partial charge >= 0.3 is 5.97 Å². The molecule has 1 unspecified atom stereocenters. The number of methoxy groups -OCH3 is 1. The van der Waals surface area contributed by atoms with Crippen molar-refractivity contribution in [1.82, 2.24) is 0 Å². The summed E-state index contributed by atoms with van der Waals surface area (Å²) in [6, 6.07) is 3.72. The third-order valence-corrected chi connectivity index (χ3v) is 5.08. The zero-order chi connectivity index (χ0) is 16.2. The summed E-state index contributed by atoms with van der Waals surface area (Å²) in [6.07, 6.45) is 0.984. The minimum Gasteiger partial charge on any atom is -0.469 e. The van der Waals surface area contributed by atoms with Gasteiger partial charge in [0, 0.05) is 18.1 Å². The van der Waals surface area contributed by atoms with Crippen molar-refractivity contribution in [2.75, 3.05) is 19.1 Å². The van der Waals surface area contributed by atoms with E-state index in [4.69, 9.17) is 0 Å². The number of thioether (sulfide) groups is 1. The highest BCUT2D eigenvalue weighted by Crippen LogP contribution is 2.32. The molecule has 0 fully saturated rings.